The van der Waals surface area contributed by atoms with Gasteiger partial charge in [0, 0.05) is 6.42 Å². The molecule has 0 aromatic heterocycles. The SMILES string of the molecule is CC/C=C\C/C=C\C/C=C\C/C=C\C/C=C\C/C=C\CCCCC(=O)NC(CO)C(O)CCCCCC. The number of unbranched alkanes of at least 4 members (excludes halogenated alkanes) is 5. The van der Waals surface area contributed by atoms with Gasteiger partial charge in [0.15, 0.2) is 0 Å². The van der Waals surface area contributed by atoms with Gasteiger partial charge in [0.2, 0.25) is 5.91 Å². The summed E-state index contributed by atoms with van der Waals surface area (Å²) in [5, 5.41) is 22.5. The molecule has 0 heterocycles. The molecule has 3 N–H and O–H groups in total. The van der Waals surface area contributed by atoms with Crippen LogP contribution in [0, 0.1) is 0 Å². The molecule has 0 radical (unpaired) electrons. The fourth-order valence-electron chi connectivity index (χ4n) is 3.71. The lowest BCUT2D eigenvalue weighted by atomic mass is 10.0. The predicted octanol–water partition coefficient (Wildman–Crippen LogP) is 8.05. The molecule has 37 heavy (non-hydrogen) atoms. The van der Waals surface area contributed by atoms with Crippen LogP contribution in [0.25, 0.3) is 0 Å². The monoisotopic (exact) mass is 513 g/mol. The molecule has 0 rings (SSSR count). The van der Waals surface area contributed by atoms with E-state index in [2.05, 4.69) is 92.1 Å². The number of amides is 1. The van der Waals surface area contributed by atoms with Gasteiger partial charge in [-0.05, 0) is 64.2 Å². The van der Waals surface area contributed by atoms with Crippen molar-refractivity contribution in [2.75, 3.05) is 6.61 Å². The second-order valence-corrected chi connectivity index (χ2v) is 9.43. The van der Waals surface area contributed by atoms with E-state index in [1.807, 2.05) is 0 Å². The van der Waals surface area contributed by atoms with Crippen LogP contribution < -0.4 is 5.32 Å². The van der Waals surface area contributed by atoms with E-state index in [9.17, 15) is 15.0 Å². The van der Waals surface area contributed by atoms with Gasteiger partial charge in [-0.25, -0.2) is 0 Å². The molecule has 0 saturated carbocycles. The molecule has 0 fully saturated rings. The second kappa shape index (κ2) is 28.4. The zero-order chi connectivity index (χ0) is 27.2. The van der Waals surface area contributed by atoms with Crippen LogP contribution >= 0.6 is 0 Å². The van der Waals surface area contributed by atoms with Gasteiger partial charge in [0.05, 0.1) is 18.8 Å². The van der Waals surface area contributed by atoms with Gasteiger partial charge in [0.1, 0.15) is 0 Å². The second-order valence-electron chi connectivity index (χ2n) is 9.43. The minimum atomic E-state index is -0.676. The van der Waals surface area contributed by atoms with Crippen molar-refractivity contribution in [3.05, 3.63) is 72.9 Å². The first-order valence-electron chi connectivity index (χ1n) is 14.6. The molecule has 0 saturated heterocycles. The highest BCUT2D eigenvalue weighted by molar-refractivity contribution is 5.76. The fraction of sp³-hybridized carbons (Fsp3) is 0.606. The van der Waals surface area contributed by atoms with Crippen LogP contribution in [-0.4, -0.2) is 34.9 Å². The molecular weight excluding hydrogens is 458 g/mol. The molecule has 4 heteroatoms. The minimum Gasteiger partial charge on any atom is -0.394 e. The molecule has 0 aliphatic rings. The first-order chi connectivity index (χ1) is 18.2. The zero-order valence-electron chi connectivity index (χ0n) is 23.7. The lowest BCUT2D eigenvalue weighted by Crippen LogP contribution is -2.45. The Bertz CT molecular complexity index is 688. The molecule has 4 nitrogen and oxygen atoms in total. The Kier molecular flexibility index (Phi) is 26.7. The number of aliphatic hydroxyl groups excluding tert-OH is 2. The van der Waals surface area contributed by atoms with Gasteiger partial charge in [-0.3, -0.25) is 4.79 Å². The topological polar surface area (TPSA) is 69.6 Å². The summed E-state index contributed by atoms with van der Waals surface area (Å²) in [6.45, 7) is 4.08. The van der Waals surface area contributed by atoms with Gasteiger partial charge in [-0.2, -0.15) is 0 Å². The molecule has 2 atom stereocenters. The number of hydrogen-bond donors (Lipinski definition) is 3. The average Bonchev–Trinajstić information content (AvgIpc) is 2.90. The number of nitrogens with one attached hydrogen (secondary N) is 1. The highest BCUT2D eigenvalue weighted by atomic mass is 16.3. The quantitative estimate of drug-likeness (QED) is 0.0903. The summed E-state index contributed by atoms with van der Waals surface area (Å²) in [7, 11) is 0. The average molecular weight is 514 g/mol. The first kappa shape index (κ1) is 34.8. The summed E-state index contributed by atoms with van der Waals surface area (Å²) in [5.41, 5.74) is 0. The molecule has 0 aliphatic carbocycles. The fourth-order valence-corrected chi connectivity index (χ4v) is 3.71. The Hall–Kier alpha value is -2.17. The third kappa shape index (κ3) is 25.3. The number of allylic oxidation sites excluding steroid dienone is 12. The van der Waals surface area contributed by atoms with E-state index >= 15 is 0 Å². The highest BCUT2D eigenvalue weighted by Gasteiger charge is 2.19. The summed E-state index contributed by atoms with van der Waals surface area (Å²) >= 11 is 0. The maximum absolute atomic E-state index is 12.1. The van der Waals surface area contributed by atoms with Crippen LogP contribution in [0.1, 0.15) is 110 Å². The van der Waals surface area contributed by atoms with Crippen molar-refractivity contribution in [3.8, 4) is 0 Å². The molecule has 0 aromatic carbocycles. The van der Waals surface area contributed by atoms with Gasteiger partial charge in [-0.1, -0.05) is 112 Å². The van der Waals surface area contributed by atoms with Crippen LogP contribution in [0.4, 0.5) is 0 Å². The van der Waals surface area contributed by atoms with Gasteiger partial charge in [0.25, 0.3) is 0 Å². The third-order valence-electron chi connectivity index (χ3n) is 5.98. The zero-order valence-corrected chi connectivity index (χ0v) is 23.7. The normalized spacial score (nSPS) is 14.4. The van der Waals surface area contributed by atoms with E-state index in [0.717, 1.165) is 83.5 Å². The number of hydrogen-bond acceptors (Lipinski definition) is 3. The molecule has 0 spiro atoms. The van der Waals surface area contributed by atoms with E-state index < -0.39 is 12.1 Å². The standard InChI is InChI=1S/C33H55NO3/c1-3-5-7-9-10-11-12-13-14-15-16-17-18-19-20-21-22-23-24-25-27-29-33(37)34-31(30-35)32(36)28-26-8-6-4-2/h5,7,10-11,13-14,16-17,19-20,22-23,31-32,35-36H,3-4,6,8-9,12,15,18,21,24-30H2,1-2H3,(H,34,37)/b7-5-,11-10-,14-13-,17-16-,20-19-,23-22-. The molecule has 2 unspecified atom stereocenters. The van der Waals surface area contributed by atoms with Gasteiger partial charge in [-0.15, -0.1) is 0 Å². The molecule has 0 aromatic rings. The maximum atomic E-state index is 12.1. The van der Waals surface area contributed by atoms with E-state index in [1.54, 1.807) is 0 Å². The Morgan fingerprint density at radius 2 is 1.19 bits per heavy atom. The van der Waals surface area contributed by atoms with Crippen LogP contribution in [0.15, 0.2) is 72.9 Å². The first-order valence-corrected chi connectivity index (χ1v) is 14.6. The minimum absolute atomic E-state index is 0.0885. The van der Waals surface area contributed by atoms with E-state index in [0.29, 0.717) is 12.8 Å². The number of aliphatic hydroxyl groups is 2. The van der Waals surface area contributed by atoms with Gasteiger partial charge < -0.3 is 15.5 Å². The lowest BCUT2D eigenvalue weighted by Gasteiger charge is -2.22. The highest BCUT2D eigenvalue weighted by Crippen LogP contribution is 2.09. The van der Waals surface area contributed by atoms with Crippen LogP contribution in [0.5, 0.6) is 0 Å². The summed E-state index contributed by atoms with van der Waals surface area (Å²) in [6, 6.07) is -0.558. The summed E-state index contributed by atoms with van der Waals surface area (Å²) in [5.74, 6) is -0.0885. The predicted molar refractivity (Wildman–Crippen MR) is 160 cm³/mol. The Morgan fingerprint density at radius 1 is 0.676 bits per heavy atom. The van der Waals surface area contributed by atoms with Crippen molar-refractivity contribution in [2.45, 2.75) is 122 Å². The van der Waals surface area contributed by atoms with Crippen molar-refractivity contribution in [3.63, 3.8) is 0 Å². The smallest absolute Gasteiger partial charge is 0.220 e. The van der Waals surface area contributed by atoms with Crippen molar-refractivity contribution in [1.82, 2.24) is 5.32 Å². The van der Waals surface area contributed by atoms with Gasteiger partial charge >= 0.3 is 0 Å². The van der Waals surface area contributed by atoms with Crippen molar-refractivity contribution < 1.29 is 15.0 Å². The molecule has 210 valence electrons. The molecular formula is C33H55NO3. The van der Waals surface area contributed by atoms with E-state index in [4.69, 9.17) is 0 Å². The molecule has 1 amide bonds. The van der Waals surface area contributed by atoms with Crippen molar-refractivity contribution >= 4 is 5.91 Å². The summed E-state index contributed by atoms with van der Waals surface area (Å²) < 4.78 is 0. The molecule has 0 bridgehead atoms. The van der Waals surface area contributed by atoms with Crippen LogP contribution in [0.2, 0.25) is 0 Å². The lowest BCUT2D eigenvalue weighted by molar-refractivity contribution is -0.123. The Labute approximate surface area is 228 Å². The van der Waals surface area contributed by atoms with E-state index in [1.165, 1.54) is 0 Å². The largest absolute Gasteiger partial charge is 0.394 e. The van der Waals surface area contributed by atoms with Crippen LogP contribution in [-0.2, 0) is 4.79 Å². The number of carbonyl (C=O) groups excluding carboxylic acids is 1. The maximum Gasteiger partial charge on any atom is 0.220 e. The van der Waals surface area contributed by atoms with Crippen molar-refractivity contribution in [2.24, 2.45) is 0 Å². The number of carbonyl (C=O) groups is 1. The Morgan fingerprint density at radius 3 is 1.68 bits per heavy atom. The van der Waals surface area contributed by atoms with E-state index in [-0.39, 0.29) is 12.5 Å². The van der Waals surface area contributed by atoms with Crippen LogP contribution in [0.3, 0.4) is 0 Å². The Balaban J connectivity index is 3.74. The van der Waals surface area contributed by atoms with Crippen molar-refractivity contribution in [1.29, 1.82) is 0 Å². The number of rotatable bonds is 24. The summed E-state index contributed by atoms with van der Waals surface area (Å²) in [6.07, 6.45) is 39.8. The summed E-state index contributed by atoms with van der Waals surface area (Å²) in [4.78, 5) is 12.1. The third-order valence-corrected chi connectivity index (χ3v) is 5.98. The molecule has 0 aliphatic heterocycles.